The highest BCUT2D eigenvalue weighted by atomic mass is 32.2. The van der Waals surface area contributed by atoms with Crippen molar-refractivity contribution in [1.29, 1.82) is 0 Å². The van der Waals surface area contributed by atoms with Gasteiger partial charge in [0.25, 0.3) is 0 Å². The summed E-state index contributed by atoms with van der Waals surface area (Å²) in [5, 5.41) is 2.89. The van der Waals surface area contributed by atoms with Crippen molar-refractivity contribution in [2.75, 3.05) is 30.4 Å². The van der Waals surface area contributed by atoms with Gasteiger partial charge < -0.3 is 19.7 Å². The highest BCUT2D eigenvalue weighted by Crippen LogP contribution is 2.36. The first-order chi connectivity index (χ1) is 20.2. The number of hydrogen-bond donors (Lipinski definition) is 1. The van der Waals surface area contributed by atoms with Crippen molar-refractivity contribution in [3.63, 3.8) is 0 Å². The number of amides is 2. The molecule has 224 valence electrons. The van der Waals surface area contributed by atoms with Crippen LogP contribution in [0.1, 0.15) is 37.3 Å². The molecule has 0 unspecified atom stereocenters. The van der Waals surface area contributed by atoms with Crippen LogP contribution in [0.2, 0.25) is 0 Å². The smallest absolute Gasteiger partial charge is 0.243 e. The fraction of sp³-hybridized carbons (Fsp3) is 0.355. The fourth-order valence-electron chi connectivity index (χ4n) is 4.77. The van der Waals surface area contributed by atoms with Crippen LogP contribution in [0.4, 0.5) is 10.1 Å². The summed E-state index contributed by atoms with van der Waals surface area (Å²) in [6, 6.07) is 19.4. The number of carbonyl (C=O) groups excluding carboxylic acids is 2. The van der Waals surface area contributed by atoms with Crippen molar-refractivity contribution in [2.24, 2.45) is 0 Å². The van der Waals surface area contributed by atoms with E-state index in [1.54, 1.807) is 36.4 Å². The molecule has 0 fully saturated rings. The average Bonchev–Trinajstić information content (AvgIpc) is 3.44. The summed E-state index contributed by atoms with van der Waals surface area (Å²) in [5.74, 6) is -0.227. The zero-order valence-electron chi connectivity index (χ0n) is 23.8. The molecule has 3 aromatic rings. The quantitative estimate of drug-likeness (QED) is 0.298. The Bertz CT molecular complexity index is 1480. The summed E-state index contributed by atoms with van der Waals surface area (Å²) in [6.45, 7) is 2.33. The monoisotopic (exact) mass is 597 g/mol. The predicted molar refractivity (Wildman–Crippen MR) is 158 cm³/mol. The zero-order chi connectivity index (χ0) is 30.1. The maximum atomic E-state index is 14.7. The lowest BCUT2D eigenvalue weighted by molar-refractivity contribution is -0.141. The Morgan fingerprint density at radius 2 is 1.71 bits per heavy atom. The number of fused-ring (bicyclic) bond motifs is 1. The molecule has 9 nitrogen and oxygen atoms in total. The third-order valence-corrected chi connectivity index (χ3v) is 8.11. The van der Waals surface area contributed by atoms with Crippen LogP contribution in [0, 0.1) is 5.82 Å². The van der Waals surface area contributed by atoms with E-state index < -0.39 is 21.9 Å². The van der Waals surface area contributed by atoms with Crippen LogP contribution >= 0.6 is 0 Å². The maximum absolute atomic E-state index is 14.7. The first-order valence-corrected chi connectivity index (χ1v) is 15.7. The number of ether oxygens (including phenoxy) is 2. The number of anilines is 1. The second kappa shape index (κ2) is 14.2. The van der Waals surface area contributed by atoms with Gasteiger partial charge in [0.2, 0.25) is 28.6 Å². The molecular weight excluding hydrogens is 561 g/mol. The SMILES string of the molecule is CCCNC(=O)[C@@H](Cc1ccccc1)N(Cc1ccccc1F)C(=O)CCCN(c1ccc2c(c1)OCO2)S(C)(=O)=O. The normalized spacial score (nSPS) is 12.9. The van der Waals surface area contributed by atoms with Crippen molar-refractivity contribution in [1.82, 2.24) is 10.2 Å². The lowest BCUT2D eigenvalue weighted by atomic mass is 10.0. The molecule has 11 heteroatoms. The van der Waals surface area contributed by atoms with E-state index in [9.17, 15) is 22.4 Å². The minimum absolute atomic E-state index is 0.0170. The number of carbonyl (C=O) groups is 2. The molecule has 0 bridgehead atoms. The molecule has 0 spiro atoms. The summed E-state index contributed by atoms with van der Waals surface area (Å²) in [5.41, 5.74) is 1.52. The maximum Gasteiger partial charge on any atom is 0.243 e. The Kier molecular flexibility index (Phi) is 10.4. The minimum Gasteiger partial charge on any atom is -0.454 e. The van der Waals surface area contributed by atoms with E-state index >= 15 is 0 Å². The van der Waals surface area contributed by atoms with Gasteiger partial charge in [-0.15, -0.1) is 0 Å². The van der Waals surface area contributed by atoms with Gasteiger partial charge in [0.1, 0.15) is 11.9 Å². The van der Waals surface area contributed by atoms with Gasteiger partial charge in [0.05, 0.1) is 11.9 Å². The molecule has 0 saturated carbocycles. The van der Waals surface area contributed by atoms with E-state index in [1.807, 2.05) is 37.3 Å². The molecule has 4 rings (SSSR count). The summed E-state index contributed by atoms with van der Waals surface area (Å²) < 4.78 is 52.0. The van der Waals surface area contributed by atoms with E-state index in [-0.39, 0.29) is 56.5 Å². The van der Waals surface area contributed by atoms with Gasteiger partial charge in [-0.25, -0.2) is 12.8 Å². The van der Waals surface area contributed by atoms with Gasteiger partial charge in [-0.05, 0) is 36.6 Å². The van der Waals surface area contributed by atoms with Crippen LogP contribution in [0.25, 0.3) is 0 Å². The molecule has 2 amide bonds. The molecule has 1 N–H and O–H groups in total. The average molecular weight is 598 g/mol. The lowest BCUT2D eigenvalue weighted by Crippen LogP contribution is -2.50. The molecule has 1 aliphatic rings. The lowest BCUT2D eigenvalue weighted by Gasteiger charge is -2.32. The number of nitrogens with zero attached hydrogens (tertiary/aromatic N) is 2. The third-order valence-electron chi connectivity index (χ3n) is 6.92. The van der Waals surface area contributed by atoms with Gasteiger partial charge in [-0.1, -0.05) is 55.5 Å². The van der Waals surface area contributed by atoms with Crippen molar-refractivity contribution >= 4 is 27.5 Å². The second-order valence-corrected chi connectivity index (χ2v) is 12.0. The molecule has 42 heavy (non-hydrogen) atoms. The number of benzene rings is 3. The summed E-state index contributed by atoms with van der Waals surface area (Å²) in [4.78, 5) is 28.6. The van der Waals surface area contributed by atoms with Gasteiger partial charge in [0.15, 0.2) is 11.5 Å². The van der Waals surface area contributed by atoms with Crippen molar-refractivity contribution < 1.29 is 31.9 Å². The predicted octanol–water partition coefficient (Wildman–Crippen LogP) is 4.27. The van der Waals surface area contributed by atoms with E-state index in [1.165, 1.54) is 15.3 Å². The van der Waals surface area contributed by atoms with Crippen LogP contribution in [0.5, 0.6) is 11.5 Å². The molecular formula is C31H36FN3O6S. The summed E-state index contributed by atoms with van der Waals surface area (Å²) in [7, 11) is -3.69. The van der Waals surface area contributed by atoms with Gasteiger partial charge in [0, 0.05) is 44.1 Å². The number of sulfonamides is 1. The Morgan fingerprint density at radius 1 is 1.00 bits per heavy atom. The second-order valence-electron chi connectivity index (χ2n) is 10.1. The van der Waals surface area contributed by atoms with E-state index in [2.05, 4.69) is 5.32 Å². The Balaban J connectivity index is 1.57. The Labute approximate surface area is 246 Å². The topological polar surface area (TPSA) is 105 Å². The largest absolute Gasteiger partial charge is 0.454 e. The van der Waals surface area contributed by atoms with Crippen molar-refractivity contribution in [2.45, 2.75) is 45.2 Å². The van der Waals surface area contributed by atoms with Crippen LogP contribution in [-0.2, 0) is 32.6 Å². The number of rotatable bonds is 14. The first-order valence-electron chi connectivity index (χ1n) is 13.9. The Morgan fingerprint density at radius 3 is 2.43 bits per heavy atom. The molecule has 1 aliphatic heterocycles. The summed E-state index contributed by atoms with van der Waals surface area (Å²) in [6.07, 6.45) is 2.16. The van der Waals surface area contributed by atoms with Gasteiger partial charge in [-0.2, -0.15) is 0 Å². The highest BCUT2D eigenvalue weighted by molar-refractivity contribution is 7.92. The van der Waals surface area contributed by atoms with Crippen LogP contribution < -0.4 is 19.1 Å². The fourth-order valence-corrected chi connectivity index (χ4v) is 5.73. The van der Waals surface area contributed by atoms with Crippen LogP contribution in [0.15, 0.2) is 72.8 Å². The van der Waals surface area contributed by atoms with Gasteiger partial charge >= 0.3 is 0 Å². The zero-order valence-corrected chi connectivity index (χ0v) is 24.6. The highest BCUT2D eigenvalue weighted by Gasteiger charge is 2.31. The van der Waals surface area contributed by atoms with Gasteiger partial charge in [-0.3, -0.25) is 13.9 Å². The summed E-state index contributed by atoms with van der Waals surface area (Å²) >= 11 is 0. The number of halogens is 1. The van der Waals surface area contributed by atoms with Crippen molar-refractivity contribution in [3.8, 4) is 11.5 Å². The molecule has 0 aliphatic carbocycles. The standard InChI is InChI=1S/C31H36FN3O6S/c1-3-17-33-31(37)27(19-23-10-5-4-6-11-23)34(21-24-12-7-8-13-26(24)32)30(36)14-9-18-35(42(2,38)39)25-15-16-28-29(20-25)41-22-40-28/h4-8,10-13,15-16,20,27H,3,9,14,17-19,21-22H2,1-2H3,(H,33,37)/t27-/m1/s1. The van der Waals surface area contributed by atoms with Crippen LogP contribution in [0.3, 0.4) is 0 Å². The van der Waals surface area contributed by atoms with E-state index in [0.29, 0.717) is 30.2 Å². The molecule has 0 saturated heterocycles. The van der Waals surface area contributed by atoms with Crippen LogP contribution in [-0.4, -0.2) is 57.3 Å². The molecule has 0 radical (unpaired) electrons. The molecule has 1 heterocycles. The third kappa shape index (κ3) is 8.00. The minimum atomic E-state index is -3.69. The molecule has 3 aromatic carbocycles. The first kappa shape index (κ1) is 30.8. The number of nitrogens with one attached hydrogen (secondary N) is 1. The molecule has 0 aromatic heterocycles. The molecule has 1 atom stereocenters. The van der Waals surface area contributed by atoms with E-state index in [0.717, 1.165) is 11.8 Å². The van der Waals surface area contributed by atoms with E-state index in [4.69, 9.17) is 9.47 Å². The Hall–Kier alpha value is -4.12. The number of hydrogen-bond acceptors (Lipinski definition) is 6. The van der Waals surface area contributed by atoms with Crippen molar-refractivity contribution in [3.05, 3.63) is 89.7 Å².